The summed E-state index contributed by atoms with van der Waals surface area (Å²) in [6.07, 6.45) is 0.792. The standard InChI is InChI=1S/C20H32O4Si/c1-14(2)17(25(6,7)16-11-9-8-10-12-16)13-15(3)18(19(21)23-4)20(22)24-5/h8-12,14-15,17-18H,13H2,1-7H3/t15-,17-/m1/s1. The molecule has 0 spiro atoms. The minimum Gasteiger partial charge on any atom is -0.468 e. The number of carbonyl (C=O) groups is 2. The molecule has 1 aromatic rings. The number of hydrogen-bond donors (Lipinski definition) is 0. The number of rotatable bonds is 8. The molecule has 140 valence electrons. The molecule has 5 heteroatoms. The van der Waals surface area contributed by atoms with Gasteiger partial charge in [-0.3, -0.25) is 9.59 Å². The van der Waals surface area contributed by atoms with Crippen molar-refractivity contribution in [3.8, 4) is 0 Å². The molecule has 0 aliphatic carbocycles. The molecule has 0 N–H and O–H groups in total. The molecule has 0 saturated carbocycles. The maximum absolute atomic E-state index is 12.1. The van der Waals surface area contributed by atoms with Crippen LogP contribution >= 0.6 is 0 Å². The first-order chi connectivity index (χ1) is 11.7. The van der Waals surface area contributed by atoms with E-state index in [-0.39, 0.29) is 5.92 Å². The lowest BCUT2D eigenvalue weighted by Crippen LogP contribution is -2.49. The van der Waals surface area contributed by atoms with Gasteiger partial charge in [-0.25, -0.2) is 0 Å². The summed E-state index contributed by atoms with van der Waals surface area (Å²) in [5.74, 6) is -1.57. The summed E-state index contributed by atoms with van der Waals surface area (Å²) in [5, 5.41) is 1.40. The van der Waals surface area contributed by atoms with Crippen molar-refractivity contribution < 1.29 is 19.1 Å². The molecule has 0 saturated heterocycles. The second-order valence-corrected chi connectivity index (χ2v) is 12.4. The maximum atomic E-state index is 12.1. The smallest absolute Gasteiger partial charge is 0.320 e. The molecule has 1 aromatic carbocycles. The molecule has 2 atom stereocenters. The van der Waals surface area contributed by atoms with Gasteiger partial charge in [0, 0.05) is 0 Å². The minimum absolute atomic E-state index is 0.136. The number of methoxy groups -OCH3 is 2. The molecule has 0 aliphatic rings. The van der Waals surface area contributed by atoms with Crippen LogP contribution in [0.3, 0.4) is 0 Å². The summed E-state index contributed by atoms with van der Waals surface area (Å²) in [6.45, 7) is 11.1. The van der Waals surface area contributed by atoms with Gasteiger partial charge < -0.3 is 9.47 Å². The summed E-state index contributed by atoms with van der Waals surface area (Å²) in [6, 6.07) is 10.6. The Hall–Kier alpha value is -1.62. The van der Waals surface area contributed by atoms with Crippen molar-refractivity contribution in [1.29, 1.82) is 0 Å². The van der Waals surface area contributed by atoms with Crippen molar-refractivity contribution in [3.05, 3.63) is 30.3 Å². The Morgan fingerprint density at radius 2 is 1.44 bits per heavy atom. The first-order valence-electron chi connectivity index (χ1n) is 8.87. The van der Waals surface area contributed by atoms with Crippen LogP contribution in [0.15, 0.2) is 30.3 Å². The van der Waals surface area contributed by atoms with E-state index < -0.39 is 25.9 Å². The monoisotopic (exact) mass is 364 g/mol. The summed E-state index contributed by atoms with van der Waals surface area (Å²) < 4.78 is 9.68. The van der Waals surface area contributed by atoms with Gasteiger partial charge in [-0.2, -0.15) is 0 Å². The van der Waals surface area contributed by atoms with Crippen LogP contribution in [-0.2, 0) is 19.1 Å². The topological polar surface area (TPSA) is 52.6 Å². The molecule has 1 rings (SSSR count). The molecular formula is C20H32O4Si. The van der Waals surface area contributed by atoms with Gasteiger partial charge >= 0.3 is 11.9 Å². The first kappa shape index (κ1) is 21.4. The van der Waals surface area contributed by atoms with Crippen LogP contribution in [0.25, 0.3) is 0 Å². The molecule has 25 heavy (non-hydrogen) atoms. The highest BCUT2D eigenvalue weighted by molar-refractivity contribution is 6.91. The van der Waals surface area contributed by atoms with E-state index in [1.165, 1.54) is 19.4 Å². The van der Waals surface area contributed by atoms with Crippen LogP contribution in [0.2, 0.25) is 18.6 Å². The number of esters is 2. The number of hydrogen-bond acceptors (Lipinski definition) is 4. The summed E-state index contributed by atoms with van der Waals surface area (Å²) in [7, 11) is 0.851. The highest BCUT2D eigenvalue weighted by atomic mass is 28.3. The van der Waals surface area contributed by atoms with E-state index in [1.807, 2.05) is 13.0 Å². The van der Waals surface area contributed by atoms with Crippen LogP contribution in [0, 0.1) is 17.8 Å². The molecule has 0 fully saturated rings. The summed E-state index contributed by atoms with van der Waals surface area (Å²) >= 11 is 0. The predicted octanol–water partition coefficient (Wildman–Crippen LogP) is 3.62. The number of benzene rings is 1. The van der Waals surface area contributed by atoms with Gasteiger partial charge in [0.25, 0.3) is 0 Å². The first-order valence-corrected chi connectivity index (χ1v) is 12.0. The lowest BCUT2D eigenvalue weighted by atomic mass is 9.87. The fourth-order valence-corrected chi connectivity index (χ4v) is 7.94. The second kappa shape index (κ2) is 9.18. The van der Waals surface area contributed by atoms with Crippen molar-refractivity contribution in [2.75, 3.05) is 14.2 Å². The zero-order chi connectivity index (χ0) is 19.2. The van der Waals surface area contributed by atoms with Gasteiger partial charge in [0.15, 0.2) is 5.92 Å². The van der Waals surface area contributed by atoms with Gasteiger partial charge in [0.05, 0.1) is 22.3 Å². The molecule has 0 amide bonds. The summed E-state index contributed by atoms with van der Waals surface area (Å²) in [4.78, 5) is 24.2. The third kappa shape index (κ3) is 5.17. The van der Waals surface area contributed by atoms with Crippen LogP contribution in [-0.4, -0.2) is 34.2 Å². The van der Waals surface area contributed by atoms with Crippen molar-refractivity contribution in [3.63, 3.8) is 0 Å². The van der Waals surface area contributed by atoms with E-state index in [0.29, 0.717) is 11.5 Å². The van der Waals surface area contributed by atoms with E-state index >= 15 is 0 Å². The Labute approximate surface area is 152 Å². The highest BCUT2D eigenvalue weighted by Crippen LogP contribution is 2.38. The molecule has 0 radical (unpaired) electrons. The van der Waals surface area contributed by atoms with E-state index in [1.54, 1.807) is 0 Å². The molecule has 0 unspecified atom stereocenters. The third-order valence-electron chi connectivity index (χ3n) is 5.35. The number of carbonyl (C=O) groups excluding carboxylic acids is 2. The van der Waals surface area contributed by atoms with Crippen LogP contribution in [0.5, 0.6) is 0 Å². The fourth-order valence-electron chi connectivity index (χ4n) is 3.83. The van der Waals surface area contributed by atoms with Gasteiger partial charge in [-0.1, -0.05) is 69.4 Å². The predicted molar refractivity (Wildman–Crippen MR) is 103 cm³/mol. The molecule has 0 aliphatic heterocycles. The van der Waals surface area contributed by atoms with Crippen LogP contribution in [0.1, 0.15) is 27.2 Å². The van der Waals surface area contributed by atoms with Crippen molar-refractivity contribution in [1.82, 2.24) is 0 Å². The largest absolute Gasteiger partial charge is 0.468 e. The van der Waals surface area contributed by atoms with Crippen molar-refractivity contribution in [2.45, 2.75) is 45.8 Å². The highest BCUT2D eigenvalue weighted by Gasteiger charge is 2.41. The maximum Gasteiger partial charge on any atom is 0.320 e. The van der Waals surface area contributed by atoms with Crippen LogP contribution in [0.4, 0.5) is 0 Å². The average Bonchev–Trinajstić information content (AvgIpc) is 2.59. The Balaban J connectivity index is 3.11. The number of ether oxygens (including phenoxy) is 2. The van der Waals surface area contributed by atoms with Gasteiger partial charge in [0.1, 0.15) is 0 Å². The van der Waals surface area contributed by atoms with Gasteiger partial charge in [-0.05, 0) is 23.8 Å². The van der Waals surface area contributed by atoms with Crippen LogP contribution < -0.4 is 5.19 Å². The molecule has 4 nitrogen and oxygen atoms in total. The van der Waals surface area contributed by atoms with E-state index in [2.05, 4.69) is 51.2 Å². The Morgan fingerprint density at radius 1 is 0.960 bits per heavy atom. The van der Waals surface area contributed by atoms with E-state index in [0.717, 1.165) is 6.42 Å². The Kier molecular flexibility index (Phi) is 7.86. The molecule has 0 aromatic heterocycles. The summed E-state index contributed by atoms with van der Waals surface area (Å²) in [5.41, 5.74) is 0.432. The Bertz CT molecular complexity index is 552. The lowest BCUT2D eigenvalue weighted by molar-refractivity contribution is -0.161. The molecule has 0 bridgehead atoms. The zero-order valence-electron chi connectivity index (χ0n) is 16.5. The minimum atomic E-state index is -1.77. The molecule has 0 heterocycles. The van der Waals surface area contributed by atoms with Gasteiger partial charge in [0.2, 0.25) is 0 Å². The third-order valence-corrected chi connectivity index (χ3v) is 9.93. The van der Waals surface area contributed by atoms with E-state index in [4.69, 9.17) is 9.47 Å². The van der Waals surface area contributed by atoms with Gasteiger partial charge in [-0.15, -0.1) is 0 Å². The fraction of sp³-hybridized carbons (Fsp3) is 0.600. The quantitative estimate of drug-likeness (QED) is 0.402. The average molecular weight is 365 g/mol. The lowest BCUT2D eigenvalue weighted by Gasteiger charge is -2.38. The van der Waals surface area contributed by atoms with Crippen molar-refractivity contribution >= 4 is 25.2 Å². The second-order valence-electron chi connectivity index (χ2n) is 7.68. The molecular weight excluding hydrogens is 332 g/mol. The zero-order valence-corrected chi connectivity index (χ0v) is 17.5. The van der Waals surface area contributed by atoms with Crippen molar-refractivity contribution in [2.24, 2.45) is 17.8 Å². The van der Waals surface area contributed by atoms with E-state index in [9.17, 15) is 9.59 Å². The normalized spacial score (nSPS) is 14.3. The SMILES string of the molecule is COC(=O)C(C(=O)OC)[C@H](C)C[C@H](C(C)C)[Si](C)(C)c1ccccc1. The Morgan fingerprint density at radius 3 is 1.84 bits per heavy atom.